The molecule has 25 heavy (non-hydrogen) atoms. The molecule has 1 aromatic carbocycles. The average molecular weight is 390 g/mol. The van der Waals surface area contributed by atoms with Gasteiger partial charge < -0.3 is 9.84 Å². The van der Waals surface area contributed by atoms with Crippen molar-refractivity contribution in [3.05, 3.63) is 28.3 Å². The summed E-state index contributed by atoms with van der Waals surface area (Å²) in [7, 11) is -2.83. The molecule has 0 amide bonds. The number of methoxy groups -OCH3 is 1. The maximum atomic E-state index is 13.1. The molecule has 1 aliphatic heterocycles. The summed E-state index contributed by atoms with van der Waals surface area (Å²) < 4.78 is 32.1. The summed E-state index contributed by atoms with van der Waals surface area (Å²) in [5.41, 5.74) is 0.329. The number of rotatable bonds is 4. The molecule has 7 nitrogen and oxygen atoms in total. The van der Waals surface area contributed by atoms with Crippen LogP contribution in [0.4, 0.5) is 0 Å². The second kappa shape index (κ2) is 7.31. The number of aliphatic carboxylic acids is 1. The molecule has 0 bridgehead atoms. The summed E-state index contributed by atoms with van der Waals surface area (Å²) in [6.07, 6.45) is 0.870. The summed E-state index contributed by atoms with van der Waals surface area (Å²) in [4.78, 5) is 23.0. The zero-order valence-corrected chi connectivity index (χ0v) is 15.7. The Labute approximate surface area is 151 Å². The smallest absolute Gasteiger partial charge is 0.337 e. The first-order chi connectivity index (χ1) is 11.6. The van der Waals surface area contributed by atoms with Crippen LogP contribution in [0.1, 0.15) is 35.7 Å². The summed E-state index contributed by atoms with van der Waals surface area (Å²) in [5.74, 6) is -2.50. The fraction of sp³-hybridized carbons (Fsp3) is 0.500. The molecule has 2 atom stereocenters. The first-order valence-corrected chi connectivity index (χ1v) is 9.56. The SMILES string of the molecule is COC(=O)c1cc(Cl)c(C)c(S(=O)(=O)N2CCC[C@H](C(=O)O)[C@@H]2C)c1. The van der Waals surface area contributed by atoms with Gasteiger partial charge in [0.25, 0.3) is 0 Å². The van der Waals surface area contributed by atoms with Gasteiger partial charge in [-0.25, -0.2) is 13.2 Å². The summed E-state index contributed by atoms with van der Waals surface area (Å²) >= 11 is 6.10. The van der Waals surface area contributed by atoms with Crippen LogP contribution in [-0.2, 0) is 19.6 Å². The number of hydrogen-bond donors (Lipinski definition) is 1. The maximum absolute atomic E-state index is 13.1. The zero-order valence-electron chi connectivity index (χ0n) is 14.2. The molecule has 1 aromatic rings. The monoisotopic (exact) mass is 389 g/mol. The highest BCUT2D eigenvalue weighted by atomic mass is 35.5. The zero-order chi connectivity index (χ0) is 18.9. The lowest BCUT2D eigenvalue weighted by Gasteiger charge is -2.36. The van der Waals surface area contributed by atoms with E-state index >= 15 is 0 Å². The number of nitrogens with zero attached hydrogens (tertiary/aromatic N) is 1. The van der Waals surface area contributed by atoms with Crippen molar-refractivity contribution in [3.63, 3.8) is 0 Å². The van der Waals surface area contributed by atoms with Crippen LogP contribution in [0, 0.1) is 12.8 Å². The first kappa shape index (κ1) is 19.7. The normalized spacial score (nSPS) is 21.8. The van der Waals surface area contributed by atoms with Crippen LogP contribution in [0.3, 0.4) is 0 Å². The number of carbonyl (C=O) groups is 2. The van der Waals surface area contributed by atoms with Crippen molar-refractivity contribution in [1.82, 2.24) is 4.31 Å². The molecule has 1 fully saturated rings. The molecule has 0 spiro atoms. The number of hydrogen-bond acceptors (Lipinski definition) is 5. The highest BCUT2D eigenvalue weighted by Gasteiger charge is 2.40. The van der Waals surface area contributed by atoms with Gasteiger partial charge in [-0.15, -0.1) is 0 Å². The van der Waals surface area contributed by atoms with Gasteiger partial charge in [0.05, 0.1) is 23.5 Å². The maximum Gasteiger partial charge on any atom is 0.337 e. The Hall–Kier alpha value is -1.64. The van der Waals surface area contributed by atoms with E-state index in [1.54, 1.807) is 13.8 Å². The molecule has 1 heterocycles. The van der Waals surface area contributed by atoms with Crippen molar-refractivity contribution < 1.29 is 27.9 Å². The first-order valence-electron chi connectivity index (χ1n) is 7.74. The molecule has 0 aliphatic carbocycles. The summed E-state index contributed by atoms with van der Waals surface area (Å²) in [5, 5.41) is 9.43. The third-order valence-electron chi connectivity index (χ3n) is 4.55. The number of halogens is 1. The fourth-order valence-electron chi connectivity index (χ4n) is 3.07. The minimum atomic E-state index is -4.02. The van der Waals surface area contributed by atoms with E-state index in [2.05, 4.69) is 4.74 Å². The second-order valence-electron chi connectivity index (χ2n) is 6.02. The standard InChI is InChI=1S/C16H20ClNO6S/c1-9-13(17)7-11(16(21)24-3)8-14(9)25(22,23)18-6-4-5-12(10(18)2)15(19)20/h7-8,10,12H,4-6H2,1-3H3,(H,19,20)/t10-,12-/m0/s1. The molecule has 9 heteroatoms. The fourth-order valence-corrected chi connectivity index (χ4v) is 5.32. The van der Waals surface area contributed by atoms with Gasteiger partial charge in [0, 0.05) is 17.6 Å². The van der Waals surface area contributed by atoms with Crippen LogP contribution >= 0.6 is 11.6 Å². The molecule has 1 saturated heterocycles. The Kier molecular flexibility index (Phi) is 5.75. The Morgan fingerprint density at radius 2 is 2.00 bits per heavy atom. The molecule has 1 aliphatic rings. The van der Waals surface area contributed by atoms with Gasteiger partial charge in [-0.05, 0) is 44.4 Å². The summed E-state index contributed by atoms with van der Waals surface area (Å²) in [6.45, 7) is 3.34. The molecule has 138 valence electrons. The molecule has 2 rings (SSSR count). The topological polar surface area (TPSA) is 101 Å². The predicted molar refractivity (Wildman–Crippen MR) is 91.2 cm³/mol. The minimum absolute atomic E-state index is 0.0242. The second-order valence-corrected chi connectivity index (χ2v) is 8.28. The summed E-state index contributed by atoms with van der Waals surface area (Å²) in [6, 6.07) is 1.87. The van der Waals surface area contributed by atoms with Gasteiger partial charge >= 0.3 is 11.9 Å². The average Bonchev–Trinajstić information content (AvgIpc) is 2.55. The Morgan fingerprint density at radius 3 is 2.56 bits per heavy atom. The van der Waals surface area contributed by atoms with Gasteiger partial charge in [0.1, 0.15) is 0 Å². The van der Waals surface area contributed by atoms with E-state index in [0.717, 1.165) is 0 Å². The Balaban J connectivity index is 2.54. The number of ether oxygens (including phenoxy) is 1. The van der Waals surface area contributed by atoms with Crippen molar-refractivity contribution in [2.24, 2.45) is 5.92 Å². The largest absolute Gasteiger partial charge is 0.481 e. The van der Waals surface area contributed by atoms with E-state index in [-0.39, 0.29) is 22.0 Å². The van der Waals surface area contributed by atoms with Crippen molar-refractivity contribution in [3.8, 4) is 0 Å². The molecule has 0 aromatic heterocycles. The van der Waals surface area contributed by atoms with Crippen molar-refractivity contribution >= 4 is 33.6 Å². The molecule has 0 saturated carbocycles. The lowest BCUT2D eigenvalue weighted by atomic mass is 9.92. The van der Waals surface area contributed by atoms with E-state index < -0.39 is 33.9 Å². The lowest BCUT2D eigenvalue weighted by Crippen LogP contribution is -2.49. The van der Waals surface area contributed by atoms with E-state index in [9.17, 15) is 23.1 Å². The number of sulfonamides is 1. The van der Waals surface area contributed by atoms with Crippen molar-refractivity contribution in [1.29, 1.82) is 0 Å². The number of carboxylic acids is 1. The molecule has 0 unspecified atom stereocenters. The number of piperidine rings is 1. The highest BCUT2D eigenvalue weighted by molar-refractivity contribution is 7.89. The van der Waals surface area contributed by atoms with Crippen LogP contribution in [0.2, 0.25) is 5.02 Å². The van der Waals surface area contributed by atoms with Crippen LogP contribution in [-0.4, -0.2) is 49.5 Å². The van der Waals surface area contributed by atoms with Crippen LogP contribution < -0.4 is 0 Å². The predicted octanol–water partition coefficient (Wildman–Crippen LogP) is 2.31. The van der Waals surface area contributed by atoms with E-state index in [4.69, 9.17) is 11.6 Å². The highest BCUT2D eigenvalue weighted by Crippen LogP contribution is 2.33. The third-order valence-corrected chi connectivity index (χ3v) is 7.06. The Morgan fingerprint density at radius 1 is 1.36 bits per heavy atom. The molecular formula is C16H20ClNO6S. The van der Waals surface area contributed by atoms with Crippen molar-refractivity contribution in [2.45, 2.75) is 37.6 Å². The lowest BCUT2D eigenvalue weighted by molar-refractivity contribution is -0.144. The van der Waals surface area contributed by atoms with Crippen LogP contribution in [0.5, 0.6) is 0 Å². The van der Waals surface area contributed by atoms with Crippen molar-refractivity contribution in [2.75, 3.05) is 13.7 Å². The van der Waals surface area contributed by atoms with E-state index in [1.165, 1.54) is 23.5 Å². The van der Waals surface area contributed by atoms with Gasteiger partial charge in [-0.3, -0.25) is 4.79 Å². The van der Waals surface area contributed by atoms with E-state index in [1.807, 2.05) is 0 Å². The van der Waals surface area contributed by atoms with Crippen LogP contribution in [0.15, 0.2) is 17.0 Å². The third kappa shape index (κ3) is 3.65. The number of esters is 1. The molecule has 1 N–H and O–H groups in total. The van der Waals surface area contributed by atoms with Gasteiger partial charge in [0.2, 0.25) is 10.0 Å². The molecular weight excluding hydrogens is 370 g/mol. The number of carboxylic acid groups (broad SMARTS) is 1. The van der Waals surface area contributed by atoms with Crippen LogP contribution in [0.25, 0.3) is 0 Å². The van der Waals surface area contributed by atoms with Gasteiger partial charge in [-0.1, -0.05) is 11.6 Å². The quantitative estimate of drug-likeness (QED) is 0.793. The Bertz CT molecular complexity index is 807. The number of benzene rings is 1. The number of carbonyl (C=O) groups excluding carboxylic acids is 1. The van der Waals surface area contributed by atoms with Gasteiger partial charge in [0.15, 0.2) is 0 Å². The molecule has 0 radical (unpaired) electrons. The van der Waals surface area contributed by atoms with E-state index in [0.29, 0.717) is 18.4 Å². The minimum Gasteiger partial charge on any atom is -0.481 e. The van der Waals surface area contributed by atoms with Gasteiger partial charge in [-0.2, -0.15) is 4.31 Å².